The molecule has 0 saturated carbocycles. The molecule has 144 valence electrons. The Balaban J connectivity index is 2.28. The van der Waals surface area contributed by atoms with Gasteiger partial charge in [-0.15, -0.1) is 0 Å². The predicted molar refractivity (Wildman–Crippen MR) is 102 cm³/mol. The van der Waals surface area contributed by atoms with Crippen LogP contribution in [0.1, 0.15) is 31.0 Å². The summed E-state index contributed by atoms with van der Waals surface area (Å²) in [5, 5.41) is 24.2. The molecule has 0 bridgehead atoms. The Morgan fingerprint density at radius 3 is 2.33 bits per heavy atom. The Morgan fingerprint density at radius 2 is 1.81 bits per heavy atom. The van der Waals surface area contributed by atoms with E-state index < -0.39 is 12.0 Å². The van der Waals surface area contributed by atoms with Gasteiger partial charge in [0.2, 0.25) is 0 Å². The van der Waals surface area contributed by atoms with Crippen molar-refractivity contribution in [1.82, 2.24) is 0 Å². The van der Waals surface area contributed by atoms with Crippen LogP contribution in [0.2, 0.25) is 0 Å². The third kappa shape index (κ3) is 5.04. The fourth-order valence-corrected chi connectivity index (χ4v) is 2.46. The fourth-order valence-electron chi connectivity index (χ4n) is 2.46. The lowest BCUT2D eigenvalue weighted by Crippen LogP contribution is -2.21. The molecule has 8 nitrogen and oxygen atoms in total. The van der Waals surface area contributed by atoms with E-state index in [4.69, 9.17) is 20.4 Å². The molecule has 0 amide bonds. The number of oxime groups is 1. The average Bonchev–Trinajstić information content (AvgIpc) is 2.65. The van der Waals surface area contributed by atoms with E-state index >= 15 is 0 Å². The molecule has 0 aromatic heterocycles. The minimum atomic E-state index is -1.05. The molecule has 0 saturated heterocycles. The van der Waals surface area contributed by atoms with Crippen LogP contribution in [0.15, 0.2) is 47.6 Å². The van der Waals surface area contributed by atoms with Crippen LogP contribution in [0.3, 0.4) is 0 Å². The quantitative estimate of drug-likeness (QED) is 0.242. The van der Waals surface area contributed by atoms with Crippen molar-refractivity contribution < 1.29 is 24.6 Å². The minimum Gasteiger partial charge on any atom is -0.493 e. The smallest absolute Gasteiger partial charge is 0.330 e. The van der Waals surface area contributed by atoms with Crippen molar-refractivity contribution in [1.29, 1.82) is 0 Å². The number of aliphatic carboxylic acids is 1. The summed E-state index contributed by atoms with van der Waals surface area (Å²) < 4.78 is 11.0. The molecule has 0 aliphatic rings. The number of nitrogens with one attached hydrogen (secondary N) is 1. The lowest BCUT2D eigenvalue weighted by atomic mass is 10.1. The standard InChI is InChI=1S/C19H23N3O5/c1-11(2)27-15-9-6-13(10-16(15)26-3)17(19(23)24)21-14-7-4-12(5-8-14)18(20)22-25/h4-11,17,21,25H,1-3H3,(H2,20,22)(H,23,24). The summed E-state index contributed by atoms with van der Waals surface area (Å²) in [7, 11) is 1.50. The third-order valence-corrected chi connectivity index (χ3v) is 3.73. The Labute approximate surface area is 157 Å². The summed E-state index contributed by atoms with van der Waals surface area (Å²) in [5.74, 6) is -0.0723. The van der Waals surface area contributed by atoms with Gasteiger partial charge in [-0.3, -0.25) is 0 Å². The zero-order valence-electron chi connectivity index (χ0n) is 15.3. The number of anilines is 1. The first-order valence-corrected chi connectivity index (χ1v) is 8.27. The zero-order valence-corrected chi connectivity index (χ0v) is 15.3. The maximum atomic E-state index is 11.8. The van der Waals surface area contributed by atoms with Crippen molar-refractivity contribution in [2.45, 2.75) is 26.0 Å². The number of carboxylic acid groups (broad SMARTS) is 1. The second-order valence-electron chi connectivity index (χ2n) is 6.06. The van der Waals surface area contributed by atoms with Gasteiger partial charge in [0.25, 0.3) is 0 Å². The third-order valence-electron chi connectivity index (χ3n) is 3.73. The maximum absolute atomic E-state index is 11.8. The van der Waals surface area contributed by atoms with E-state index in [-0.39, 0.29) is 11.9 Å². The van der Waals surface area contributed by atoms with E-state index in [0.29, 0.717) is 28.3 Å². The number of amidine groups is 1. The average molecular weight is 373 g/mol. The summed E-state index contributed by atoms with van der Waals surface area (Å²) in [6.45, 7) is 3.79. The zero-order chi connectivity index (χ0) is 20.0. The molecular formula is C19H23N3O5. The predicted octanol–water partition coefficient (Wildman–Crippen LogP) is 2.81. The molecule has 1 atom stereocenters. The van der Waals surface area contributed by atoms with Crippen molar-refractivity contribution >= 4 is 17.5 Å². The summed E-state index contributed by atoms with van der Waals surface area (Å²) in [5.41, 5.74) is 7.12. The molecule has 0 fully saturated rings. The highest BCUT2D eigenvalue weighted by Crippen LogP contribution is 2.32. The molecule has 27 heavy (non-hydrogen) atoms. The molecule has 2 rings (SSSR count). The topological polar surface area (TPSA) is 126 Å². The van der Waals surface area contributed by atoms with E-state index in [1.165, 1.54) is 7.11 Å². The highest BCUT2D eigenvalue weighted by Gasteiger charge is 2.22. The monoisotopic (exact) mass is 373 g/mol. The first-order chi connectivity index (χ1) is 12.8. The molecule has 0 spiro atoms. The van der Waals surface area contributed by atoms with Crippen LogP contribution in [0, 0.1) is 0 Å². The van der Waals surface area contributed by atoms with Crippen LogP contribution < -0.4 is 20.5 Å². The summed E-state index contributed by atoms with van der Waals surface area (Å²) >= 11 is 0. The molecule has 2 aromatic rings. The van der Waals surface area contributed by atoms with E-state index in [2.05, 4.69) is 10.5 Å². The van der Waals surface area contributed by atoms with Crippen LogP contribution in [-0.4, -0.2) is 35.3 Å². The molecular weight excluding hydrogens is 350 g/mol. The number of hydrogen-bond acceptors (Lipinski definition) is 6. The van der Waals surface area contributed by atoms with E-state index in [9.17, 15) is 9.90 Å². The van der Waals surface area contributed by atoms with Gasteiger partial charge < -0.3 is 30.8 Å². The highest BCUT2D eigenvalue weighted by atomic mass is 16.5. The van der Waals surface area contributed by atoms with Crippen LogP contribution in [-0.2, 0) is 4.79 Å². The molecule has 0 aliphatic carbocycles. The lowest BCUT2D eigenvalue weighted by Gasteiger charge is -2.19. The normalized spacial score (nSPS) is 12.5. The maximum Gasteiger partial charge on any atom is 0.330 e. The number of nitrogens with two attached hydrogens (primary N) is 1. The van der Waals surface area contributed by atoms with Gasteiger partial charge >= 0.3 is 5.97 Å². The lowest BCUT2D eigenvalue weighted by molar-refractivity contribution is -0.138. The molecule has 8 heteroatoms. The molecule has 5 N–H and O–H groups in total. The Morgan fingerprint density at radius 1 is 1.15 bits per heavy atom. The van der Waals surface area contributed by atoms with Crippen molar-refractivity contribution in [3.8, 4) is 11.5 Å². The van der Waals surface area contributed by atoms with E-state index in [1.54, 1.807) is 42.5 Å². The first-order valence-electron chi connectivity index (χ1n) is 8.27. The van der Waals surface area contributed by atoms with Crippen molar-refractivity contribution in [2.24, 2.45) is 10.9 Å². The minimum absolute atomic E-state index is 0.0261. The van der Waals surface area contributed by atoms with Gasteiger partial charge in [0.15, 0.2) is 23.4 Å². The van der Waals surface area contributed by atoms with Crippen molar-refractivity contribution in [2.75, 3.05) is 12.4 Å². The van der Waals surface area contributed by atoms with Crippen molar-refractivity contribution in [3.05, 3.63) is 53.6 Å². The summed E-state index contributed by atoms with van der Waals surface area (Å²) in [6.07, 6.45) is -0.0356. The van der Waals surface area contributed by atoms with Gasteiger partial charge in [-0.05, 0) is 55.8 Å². The Kier molecular flexibility index (Phi) is 6.48. The molecule has 2 aromatic carbocycles. The van der Waals surface area contributed by atoms with Gasteiger partial charge in [-0.1, -0.05) is 11.2 Å². The van der Waals surface area contributed by atoms with Gasteiger partial charge in [0.05, 0.1) is 13.2 Å². The second kappa shape index (κ2) is 8.79. The first kappa shape index (κ1) is 19.9. The van der Waals surface area contributed by atoms with Gasteiger partial charge in [0, 0.05) is 11.3 Å². The van der Waals surface area contributed by atoms with Gasteiger partial charge in [0.1, 0.15) is 0 Å². The number of methoxy groups -OCH3 is 1. The Bertz CT molecular complexity index is 819. The van der Waals surface area contributed by atoms with Gasteiger partial charge in [-0.2, -0.15) is 0 Å². The number of hydrogen-bond donors (Lipinski definition) is 4. The molecule has 0 aliphatic heterocycles. The largest absolute Gasteiger partial charge is 0.493 e. The van der Waals surface area contributed by atoms with Crippen LogP contribution in [0.25, 0.3) is 0 Å². The van der Waals surface area contributed by atoms with Crippen molar-refractivity contribution in [3.63, 3.8) is 0 Å². The van der Waals surface area contributed by atoms with E-state index in [1.807, 2.05) is 13.8 Å². The van der Waals surface area contributed by atoms with Crippen LogP contribution in [0.4, 0.5) is 5.69 Å². The SMILES string of the molecule is COc1cc(C(Nc2ccc(/C(N)=N\O)cc2)C(=O)O)ccc1OC(C)C. The summed E-state index contributed by atoms with van der Waals surface area (Å²) in [6, 6.07) is 10.5. The second-order valence-corrected chi connectivity index (χ2v) is 6.06. The Hall–Kier alpha value is -3.42. The number of carbonyl (C=O) groups is 1. The van der Waals surface area contributed by atoms with Gasteiger partial charge in [-0.25, -0.2) is 4.79 Å². The number of benzene rings is 2. The highest BCUT2D eigenvalue weighted by molar-refractivity contribution is 5.97. The molecule has 0 radical (unpaired) electrons. The van der Waals surface area contributed by atoms with Crippen LogP contribution >= 0.6 is 0 Å². The summed E-state index contributed by atoms with van der Waals surface area (Å²) in [4.78, 5) is 11.8. The molecule has 0 heterocycles. The fraction of sp³-hybridized carbons (Fsp3) is 0.263. The number of rotatable bonds is 8. The molecule has 1 unspecified atom stereocenters. The number of nitrogens with zero attached hydrogens (tertiary/aromatic N) is 1. The number of carboxylic acids is 1. The number of ether oxygens (including phenoxy) is 2. The van der Waals surface area contributed by atoms with Crippen LogP contribution in [0.5, 0.6) is 11.5 Å². The van der Waals surface area contributed by atoms with E-state index in [0.717, 1.165) is 0 Å².